The number of phenolic OH excluding ortho intramolecular Hbond substituents is 1. The number of rotatable bonds is 0. The van der Waals surface area contributed by atoms with Crippen LogP contribution in [0.25, 0.3) is 0 Å². The fraction of sp³-hybridized carbons (Fsp3) is 0.611. The van der Waals surface area contributed by atoms with E-state index >= 15 is 0 Å². The lowest BCUT2D eigenvalue weighted by molar-refractivity contribution is -0.129. The predicted molar refractivity (Wildman–Crippen MR) is 85.4 cm³/mol. The van der Waals surface area contributed by atoms with Crippen molar-refractivity contribution in [2.24, 2.45) is 17.3 Å². The van der Waals surface area contributed by atoms with E-state index in [4.69, 9.17) is 0 Å². The van der Waals surface area contributed by atoms with Crippen LogP contribution in [0.3, 0.4) is 0 Å². The Morgan fingerprint density at radius 3 is 2.86 bits per heavy atom. The molecule has 2 saturated carbocycles. The zero-order valence-corrected chi connectivity index (χ0v) is 13.9. The van der Waals surface area contributed by atoms with Gasteiger partial charge in [-0.3, -0.25) is 4.79 Å². The molecular formula is C18H21BrO2. The van der Waals surface area contributed by atoms with Gasteiger partial charge in [-0.2, -0.15) is 0 Å². The van der Waals surface area contributed by atoms with Gasteiger partial charge in [-0.05, 0) is 83.0 Å². The minimum Gasteiger partial charge on any atom is -0.507 e. The molecule has 2 nitrogen and oxygen atoms in total. The molecule has 0 aromatic heterocycles. The summed E-state index contributed by atoms with van der Waals surface area (Å²) < 4.78 is 0.884. The van der Waals surface area contributed by atoms with Crippen LogP contribution in [0.5, 0.6) is 5.75 Å². The molecule has 0 amide bonds. The van der Waals surface area contributed by atoms with Crippen molar-refractivity contribution in [1.29, 1.82) is 0 Å². The van der Waals surface area contributed by atoms with Gasteiger partial charge in [-0.15, -0.1) is 0 Å². The maximum atomic E-state index is 12.3. The van der Waals surface area contributed by atoms with E-state index in [2.05, 4.69) is 28.9 Å². The molecule has 0 radical (unpaired) electrons. The molecule has 3 aliphatic carbocycles. The lowest BCUT2D eigenvalue weighted by Gasteiger charge is -2.48. The summed E-state index contributed by atoms with van der Waals surface area (Å²) in [6, 6.07) is 3.94. The van der Waals surface area contributed by atoms with E-state index in [0.717, 1.165) is 43.0 Å². The van der Waals surface area contributed by atoms with E-state index < -0.39 is 0 Å². The van der Waals surface area contributed by atoms with Crippen LogP contribution in [0.1, 0.15) is 56.1 Å². The standard InChI is InChI=1S/C18H21BrO2/c1-18-9-8-11-10-4-6-15(20)17(19)13(10)3-2-12(11)14(18)5-7-16(18)21/h4,6,11-12,14,20H,2-3,5,7-9H2,1H3/t11-,12-,14+,18+/m1/s1. The van der Waals surface area contributed by atoms with E-state index in [1.807, 2.05) is 6.07 Å². The van der Waals surface area contributed by atoms with Crippen molar-refractivity contribution in [2.75, 3.05) is 0 Å². The van der Waals surface area contributed by atoms with Gasteiger partial charge < -0.3 is 5.11 Å². The third kappa shape index (κ3) is 1.79. The third-order valence-corrected chi connectivity index (χ3v) is 7.42. The number of carbonyl (C=O) groups excluding carboxylic acids is 1. The van der Waals surface area contributed by atoms with Crippen LogP contribution in [0.4, 0.5) is 0 Å². The van der Waals surface area contributed by atoms with Crippen LogP contribution in [-0.2, 0) is 11.2 Å². The summed E-state index contributed by atoms with van der Waals surface area (Å²) in [4.78, 5) is 12.3. The Balaban J connectivity index is 1.75. The highest BCUT2D eigenvalue weighted by Gasteiger charge is 2.54. The van der Waals surface area contributed by atoms with E-state index in [1.54, 1.807) is 0 Å². The first kappa shape index (κ1) is 13.8. The number of ketones is 1. The molecule has 1 aromatic rings. The summed E-state index contributed by atoms with van der Waals surface area (Å²) >= 11 is 3.55. The summed E-state index contributed by atoms with van der Waals surface area (Å²) in [6.45, 7) is 2.21. The summed E-state index contributed by atoms with van der Waals surface area (Å²) in [5.74, 6) is 2.66. The van der Waals surface area contributed by atoms with Gasteiger partial charge in [0.25, 0.3) is 0 Å². The van der Waals surface area contributed by atoms with E-state index in [9.17, 15) is 9.90 Å². The van der Waals surface area contributed by atoms with Gasteiger partial charge in [-0.25, -0.2) is 0 Å². The van der Waals surface area contributed by atoms with E-state index in [-0.39, 0.29) is 5.41 Å². The fourth-order valence-corrected chi connectivity index (χ4v) is 5.94. The average Bonchev–Trinajstić information content (AvgIpc) is 2.78. The number of phenols is 1. The second kappa shape index (κ2) is 4.58. The predicted octanol–water partition coefficient (Wildman–Crippen LogP) is 4.58. The Bertz CT molecular complexity index is 624. The zero-order valence-electron chi connectivity index (χ0n) is 12.4. The zero-order chi connectivity index (χ0) is 14.8. The number of hydrogen-bond donors (Lipinski definition) is 1. The van der Waals surface area contributed by atoms with Crippen LogP contribution in [0.2, 0.25) is 0 Å². The monoisotopic (exact) mass is 348 g/mol. The molecule has 0 spiro atoms. The number of benzene rings is 1. The highest BCUT2D eigenvalue weighted by Crippen LogP contribution is 2.60. The van der Waals surface area contributed by atoms with Crippen LogP contribution in [0.15, 0.2) is 16.6 Å². The Kier molecular flexibility index (Phi) is 3.01. The molecule has 21 heavy (non-hydrogen) atoms. The number of carbonyl (C=O) groups is 1. The molecule has 4 rings (SSSR count). The minimum atomic E-state index is -0.0488. The topological polar surface area (TPSA) is 37.3 Å². The molecule has 1 N–H and O–H groups in total. The van der Waals surface area contributed by atoms with E-state index in [0.29, 0.717) is 29.3 Å². The summed E-state index contributed by atoms with van der Waals surface area (Å²) in [6.07, 6.45) is 6.21. The first-order valence-corrected chi connectivity index (χ1v) is 8.85. The van der Waals surface area contributed by atoms with Crippen molar-refractivity contribution in [3.05, 3.63) is 27.7 Å². The fourth-order valence-electron chi connectivity index (χ4n) is 5.38. The van der Waals surface area contributed by atoms with Crippen molar-refractivity contribution in [2.45, 2.75) is 51.4 Å². The number of fused-ring (bicyclic) bond motifs is 5. The number of aromatic hydroxyl groups is 1. The molecule has 0 aliphatic heterocycles. The molecule has 3 heteroatoms. The normalized spacial score (nSPS) is 37.8. The molecule has 0 heterocycles. The second-order valence-corrected chi connectivity index (χ2v) is 8.09. The number of hydrogen-bond acceptors (Lipinski definition) is 2. The maximum Gasteiger partial charge on any atom is 0.139 e. The summed E-state index contributed by atoms with van der Waals surface area (Å²) in [5, 5.41) is 9.91. The van der Waals surface area contributed by atoms with Crippen molar-refractivity contribution in [3.8, 4) is 5.75 Å². The summed E-state index contributed by atoms with van der Waals surface area (Å²) in [7, 11) is 0. The van der Waals surface area contributed by atoms with Crippen molar-refractivity contribution >= 4 is 21.7 Å². The van der Waals surface area contributed by atoms with Crippen molar-refractivity contribution < 1.29 is 9.90 Å². The molecule has 3 aliphatic rings. The number of halogens is 1. The highest BCUT2D eigenvalue weighted by molar-refractivity contribution is 9.10. The Labute approximate surface area is 134 Å². The second-order valence-electron chi connectivity index (χ2n) is 7.30. The third-order valence-electron chi connectivity index (χ3n) is 6.53. The molecule has 1 aromatic carbocycles. The first-order valence-electron chi connectivity index (χ1n) is 8.06. The molecule has 112 valence electrons. The molecular weight excluding hydrogens is 328 g/mol. The molecule has 2 fully saturated rings. The van der Waals surface area contributed by atoms with Gasteiger partial charge >= 0.3 is 0 Å². The van der Waals surface area contributed by atoms with Gasteiger partial charge in [0.05, 0.1) is 4.47 Å². The van der Waals surface area contributed by atoms with Crippen LogP contribution < -0.4 is 0 Å². The molecule has 0 bridgehead atoms. The van der Waals surface area contributed by atoms with Gasteiger partial charge in [0.1, 0.15) is 11.5 Å². The van der Waals surface area contributed by atoms with E-state index in [1.165, 1.54) is 11.1 Å². The lowest BCUT2D eigenvalue weighted by Crippen LogP contribution is -2.42. The molecule has 4 atom stereocenters. The Morgan fingerprint density at radius 2 is 2.05 bits per heavy atom. The molecule has 0 saturated heterocycles. The highest BCUT2D eigenvalue weighted by atomic mass is 79.9. The van der Waals surface area contributed by atoms with Crippen molar-refractivity contribution in [3.63, 3.8) is 0 Å². The average molecular weight is 349 g/mol. The van der Waals surface area contributed by atoms with Gasteiger partial charge in [-0.1, -0.05) is 13.0 Å². The quantitative estimate of drug-likeness (QED) is 0.744. The van der Waals surface area contributed by atoms with Crippen LogP contribution >= 0.6 is 15.9 Å². The SMILES string of the molecule is C[C@]12CC[C@@H]3c4ccc(O)c(Br)c4CC[C@H]3[C@@H]1CCC2=O. The Morgan fingerprint density at radius 1 is 1.24 bits per heavy atom. The minimum absolute atomic E-state index is 0.0488. The maximum absolute atomic E-state index is 12.3. The van der Waals surface area contributed by atoms with Crippen LogP contribution in [-0.4, -0.2) is 10.9 Å². The van der Waals surface area contributed by atoms with Gasteiger partial charge in [0, 0.05) is 11.8 Å². The van der Waals surface area contributed by atoms with Gasteiger partial charge in [0.2, 0.25) is 0 Å². The van der Waals surface area contributed by atoms with Crippen LogP contribution in [0, 0.1) is 17.3 Å². The number of Topliss-reactive ketones (excluding diaryl/α,β-unsaturated/α-hetero) is 1. The smallest absolute Gasteiger partial charge is 0.139 e. The lowest BCUT2D eigenvalue weighted by atomic mass is 9.55. The van der Waals surface area contributed by atoms with Crippen molar-refractivity contribution in [1.82, 2.24) is 0 Å². The first-order chi connectivity index (χ1) is 10.0. The largest absolute Gasteiger partial charge is 0.507 e. The Hall–Kier alpha value is -0.830. The molecule has 0 unspecified atom stereocenters. The summed E-state index contributed by atoms with van der Waals surface area (Å²) in [5.41, 5.74) is 2.66. The van der Waals surface area contributed by atoms with Gasteiger partial charge in [0.15, 0.2) is 0 Å².